The molecule has 3 heterocycles. The summed E-state index contributed by atoms with van der Waals surface area (Å²) in [6.45, 7) is 8.14. The van der Waals surface area contributed by atoms with Gasteiger partial charge in [-0.3, -0.25) is 9.89 Å². The van der Waals surface area contributed by atoms with Crippen molar-refractivity contribution < 1.29 is 0 Å². The van der Waals surface area contributed by atoms with Crippen molar-refractivity contribution in [2.45, 2.75) is 13.0 Å². The molecule has 0 aromatic carbocycles. The van der Waals surface area contributed by atoms with Crippen molar-refractivity contribution in [1.82, 2.24) is 30.0 Å². The maximum Gasteiger partial charge on any atom is 0.277 e. The van der Waals surface area contributed by atoms with Gasteiger partial charge in [-0.2, -0.15) is 4.98 Å². The Labute approximate surface area is 157 Å². The lowest BCUT2D eigenvalue weighted by Gasteiger charge is -2.30. The van der Waals surface area contributed by atoms with Crippen LogP contribution in [0.25, 0.3) is 11.0 Å². The van der Waals surface area contributed by atoms with Crippen LogP contribution in [0.2, 0.25) is 0 Å². The maximum atomic E-state index is 12.2. The van der Waals surface area contributed by atoms with Gasteiger partial charge < -0.3 is 15.5 Å². The van der Waals surface area contributed by atoms with Crippen LogP contribution in [0.15, 0.2) is 59.3 Å². The van der Waals surface area contributed by atoms with Crippen molar-refractivity contribution in [3.05, 3.63) is 64.9 Å². The van der Waals surface area contributed by atoms with E-state index in [4.69, 9.17) is 0 Å². The zero-order valence-corrected chi connectivity index (χ0v) is 15.1. The first kappa shape index (κ1) is 17.3. The Morgan fingerprint density at radius 1 is 1.26 bits per heavy atom. The summed E-state index contributed by atoms with van der Waals surface area (Å²) >= 11 is 0. The number of nitrogens with zero attached hydrogens (tertiary/aromatic N) is 4. The van der Waals surface area contributed by atoms with E-state index in [9.17, 15) is 4.79 Å². The van der Waals surface area contributed by atoms with Gasteiger partial charge in [0.1, 0.15) is 5.39 Å². The Morgan fingerprint density at radius 3 is 2.93 bits per heavy atom. The molecule has 0 saturated carbocycles. The van der Waals surface area contributed by atoms with Crippen LogP contribution in [-0.4, -0.2) is 50.8 Å². The summed E-state index contributed by atoms with van der Waals surface area (Å²) < 4.78 is 1.46. The summed E-state index contributed by atoms with van der Waals surface area (Å²) in [5.41, 5.74) is 2.54. The fourth-order valence-corrected chi connectivity index (χ4v) is 3.26. The molecule has 0 bridgehead atoms. The lowest BCUT2D eigenvalue weighted by Crippen LogP contribution is -2.42. The van der Waals surface area contributed by atoms with Crippen LogP contribution in [0.4, 0.5) is 5.95 Å². The number of hydrogen-bond acceptors (Lipinski definition) is 6. The molecule has 8 heteroatoms. The van der Waals surface area contributed by atoms with Gasteiger partial charge in [-0.1, -0.05) is 18.2 Å². The van der Waals surface area contributed by atoms with Gasteiger partial charge >= 0.3 is 0 Å². The molecule has 2 aliphatic rings. The minimum atomic E-state index is -0.144. The number of rotatable bonds is 5. The van der Waals surface area contributed by atoms with Gasteiger partial charge in [0.15, 0.2) is 5.65 Å². The van der Waals surface area contributed by atoms with Gasteiger partial charge in [0.2, 0.25) is 5.95 Å². The van der Waals surface area contributed by atoms with E-state index < -0.39 is 0 Å². The molecule has 1 aliphatic heterocycles. The number of aromatic nitrogens is 4. The van der Waals surface area contributed by atoms with Crippen LogP contribution in [0.5, 0.6) is 0 Å². The average Bonchev–Trinajstić information content (AvgIpc) is 2.85. The molecule has 4 rings (SSSR count). The van der Waals surface area contributed by atoms with Crippen LogP contribution in [0.1, 0.15) is 6.42 Å². The molecular weight excluding hydrogens is 342 g/mol. The number of nitrogens with one attached hydrogen (secondary N) is 3. The average molecular weight is 365 g/mol. The molecule has 0 spiro atoms. The van der Waals surface area contributed by atoms with E-state index in [0.717, 1.165) is 38.3 Å². The predicted molar refractivity (Wildman–Crippen MR) is 106 cm³/mol. The fourth-order valence-electron chi connectivity index (χ4n) is 3.26. The van der Waals surface area contributed by atoms with Crippen LogP contribution >= 0.6 is 0 Å². The first-order chi connectivity index (χ1) is 13.2. The molecule has 1 aliphatic carbocycles. The van der Waals surface area contributed by atoms with E-state index in [1.54, 1.807) is 12.3 Å². The molecule has 0 amide bonds. The zero-order valence-electron chi connectivity index (χ0n) is 15.1. The number of allylic oxidation sites excluding steroid dienone is 5. The first-order valence-corrected chi connectivity index (χ1v) is 9.12. The summed E-state index contributed by atoms with van der Waals surface area (Å²) in [7, 11) is 0. The number of fused-ring (bicyclic) bond motifs is 1. The number of anilines is 1. The smallest absolute Gasteiger partial charge is 0.277 e. The van der Waals surface area contributed by atoms with E-state index in [0.29, 0.717) is 23.5 Å². The minimum absolute atomic E-state index is 0.144. The summed E-state index contributed by atoms with van der Waals surface area (Å²) in [4.78, 5) is 23.3. The van der Waals surface area contributed by atoms with Gasteiger partial charge in [0, 0.05) is 43.8 Å². The number of H-pyrrole nitrogens is 1. The van der Waals surface area contributed by atoms with Gasteiger partial charge in [-0.25, -0.2) is 9.67 Å². The van der Waals surface area contributed by atoms with E-state index >= 15 is 0 Å². The number of hydrogen-bond donors (Lipinski definition) is 3. The van der Waals surface area contributed by atoms with Crippen molar-refractivity contribution in [1.29, 1.82) is 0 Å². The van der Waals surface area contributed by atoms with Gasteiger partial charge in [0.25, 0.3) is 5.56 Å². The Balaban J connectivity index is 1.49. The van der Waals surface area contributed by atoms with Crippen molar-refractivity contribution in [3.63, 3.8) is 0 Å². The highest BCUT2D eigenvalue weighted by Crippen LogP contribution is 2.16. The van der Waals surface area contributed by atoms with Gasteiger partial charge in [-0.05, 0) is 18.6 Å². The molecule has 27 heavy (non-hydrogen) atoms. The summed E-state index contributed by atoms with van der Waals surface area (Å²) in [5.74, 6) is 0.455. The van der Waals surface area contributed by atoms with E-state index in [1.165, 1.54) is 10.4 Å². The van der Waals surface area contributed by atoms with Crippen molar-refractivity contribution in [2.24, 2.45) is 0 Å². The Morgan fingerprint density at radius 2 is 2.11 bits per heavy atom. The molecular formula is C19H23N7O. The topological polar surface area (TPSA) is 90.9 Å². The molecule has 3 N–H and O–H groups in total. The standard InChI is InChI=1S/C19H23N7O/c1-2-10-26-18(27)16-13-21-19(23-17(16)24-26)22-14-4-3-5-15(7-6-14)25-11-8-20-9-12-25/h2,4-7,13,20H,1,3,8-12H2,(H2,21,22,23,24). The summed E-state index contributed by atoms with van der Waals surface area (Å²) in [6, 6.07) is 0. The quantitative estimate of drug-likeness (QED) is 0.693. The molecule has 2 aromatic heterocycles. The molecule has 140 valence electrons. The third kappa shape index (κ3) is 3.70. The lowest BCUT2D eigenvalue weighted by atomic mass is 10.2. The van der Waals surface area contributed by atoms with Crippen molar-refractivity contribution in [3.8, 4) is 0 Å². The largest absolute Gasteiger partial charge is 0.369 e. The van der Waals surface area contributed by atoms with Gasteiger partial charge in [-0.15, -0.1) is 6.58 Å². The lowest BCUT2D eigenvalue weighted by molar-refractivity contribution is 0.307. The molecule has 0 atom stereocenters. The highest BCUT2D eigenvalue weighted by molar-refractivity contribution is 5.74. The first-order valence-electron chi connectivity index (χ1n) is 9.12. The highest BCUT2D eigenvalue weighted by Gasteiger charge is 2.13. The highest BCUT2D eigenvalue weighted by atomic mass is 16.1. The Kier molecular flexibility index (Phi) is 4.88. The second-order valence-corrected chi connectivity index (χ2v) is 6.49. The summed E-state index contributed by atoms with van der Waals surface area (Å²) in [6.07, 6.45) is 12.5. The van der Waals surface area contributed by atoms with E-state index in [-0.39, 0.29) is 5.56 Å². The third-order valence-corrected chi connectivity index (χ3v) is 4.65. The molecule has 1 saturated heterocycles. The molecule has 0 radical (unpaired) electrons. The monoisotopic (exact) mass is 365 g/mol. The fraction of sp³-hybridized carbons (Fsp3) is 0.316. The summed E-state index contributed by atoms with van der Waals surface area (Å²) in [5, 5.41) is 10.1. The molecule has 1 fully saturated rings. The molecule has 2 aromatic rings. The molecule has 8 nitrogen and oxygen atoms in total. The minimum Gasteiger partial charge on any atom is -0.369 e. The van der Waals surface area contributed by atoms with Crippen LogP contribution in [-0.2, 0) is 6.54 Å². The van der Waals surface area contributed by atoms with Gasteiger partial charge in [0.05, 0.1) is 6.54 Å². The molecule has 0 unspecified atom stereocenters. The number of piperazine rings is 1. The number of aromatic amines is 1. The van der Waals surface area contributed by atoms with Crippen molar-refractivity contribution in [2.75, 3.05) is 31.5 Å². The predicted octanol–water partition coefficient (Wildman–Crippen LogP) is 1.35. The van der Waals surface area contributed by atoms with Crippen molar-refractivity contribution >= 4 is 17.0 Å². The van der Waals surface area contributed by atoms with E-state index in [1.807, 2.05) is 6.08 Å². The Bertz CT molecular complexity index is 989. The zero-order chi connectivity index (χ0) is 18.6. The maximum absolute atomic E-state index is 12.2. The second-order valence-electron chi connectivity index (χ2n) is 6.49. The Hall–Kier alpha value is -3.13. The SMILES string of the molecule is C=CCn1[nH]c2nc(NC3=CCC=C(N4CCNCC4)C=C3)ncc2c1=O. The van der Waals surface area contributed by atoms with E-state index in [2.05, 4.69) is 55.4 Å². The van der Waals surface area contributed by atoms with Crippen LogP contribution in [0.3, 0.4) is 0 Å². The normalized spacial score (nSPS) is 17.4. The second kappa shape index (κ2) is 7.63. The van der Waals surface area contributed by atoms with Crippen LogP contribution < -0.4 is 16.2 Å². The van der Waals surface area contributed by atoms with Crippen LogP contribution in [0, 0.1) is 0 Å². The third-order valence-electron chi connectivity index (χ3n) is 4.65.